The van der Waals surface area contributed by atoms with E-state index in [0.717, 1.165) is 21.9 Å². The van der Waals surface area contributed by atoms with Crippen LogP contribution in [0.1, 0.15) is 5.56 Å². The van der Waals surface area contributed by atoms with Gasteiger partial charge in [0.15, 0.2) is 5.76 Å². The number of amides is 2. The van der Waals surface area contributed by atoms with Crippen LogP contribution in [0.4, 0.5) is 4.79 Å². The zero-order chi connectivity index (χ0) is 16.0. The van der Waals surface area contributed by atoms with Crippen LogP contribution >= 0.6 is 0 Å². The second-order valence-corrected chi connectivity index (χ2v) is 5.10. The molecule has 1 aliphatic heterocycles. The van der Waals surface area contributed by atoms with Crippen LogP contribution in [0.15, 0.2) is 52.6 Å². The third-order valence-corrected chi connectivity index (χ3v) is 3.71. The van der Waals surface area contributed by atoms with Gasteiger partial charge in [-0.3, -0.25) is 4.79 Å². The number of hydrogen-bond acceptors (Lipinski definition) is 5. The number of ether oxygens (including phenoxy) is 1. The average molecular weight is 309 g/mol. The first-order valence-corrected chi connectivity index (χ1v) is 6.95. The Hall–Kier alpha value is -3.12. The summed E-state index contributed by atoms with van der Waals surface area (Å²) in [5.41, 5.74) is 2.21. The van der Waals surface area contributed by atoms with Crippen LogP contribution in [-0.2, 0) is 9.53 Å². The van der Waals surface area contributed by atoms with E-state index >= 15 is 0 Å². The summed E-state index contributed by atoms with van der Waals surface area (Å²) in [7, 11) is 0. The lowest BCUT2D eigenvalue weighted by atomic mass is 10.1. The van der Waals surface area contributed by atoms with E-state index in [9.17, 15) is 9.59 Å². The Morgan fingerprint density at radius 3 is 2.61 bits per heavy atom. The normalized spacial score (nSPS) is 16.7. The van der Waals surface area contributed by atoms with Crippen LogP contribution in [0.3, 0.4) is 0 Å². The average Bonchev–Trinajstić information content (AvgIpc) is 3.05. The van der Waals surface area contributed by atoms with Crippen molar-refractivity contribution in [3.8, 4) is 0 Å². The molecule has 0 atom stereocenters. The molecule has 0 radical (unpaired) electrons. The van der Waals surface area contributed by atoms with E-state index in [2.05, 4.69) is 0 Å². The molecule has 2 aromatic carbocycles. The Bertz CT molecular complexity index is 985. The van der Waals surface area contributed by atoms with Gasteiger partial charge < -0.3 is 14.3 Å². The van der Waals surface area contributed by atoms with Crippen molar-refractivity contribution >= 4 is 40.0 Å². The number of carbonyl (C=O) groups is 2. The SMILES string of the molecule is O=C1O/C(=C/c2ccc3oc4ccccc4c3c2)C(=O)N1CO. The summed E-state index contributed by atoms with van der Waals surface area (Å²) in [6, 6.07) is 13.1. The molecule has 2 amide bonds. The maximum Gasteiger partial charge on any atom is 0.424 e. The highest BCUT2D eigenvalue weighted by molar-refractivity contribution is 6.10. The Morgan fingerprint density at radius 1 is 1.04 bits per heavy atom. The predicted molar refractivity (Wildman–Crippen MR) is 82.1 cm³/mol. The molecule has 2 heterocycles. The standard InChI is InChI=1S/C17H11NO5/c19-9-18-16(20)15(23-17(18)21)8-10-5-6-14-12(7-10)11-3-1-2-4-13(11)22-14/h1-8,19H,9H2/b15-8+. The van der Waals surface area contributed by atoms with Crippen LogP contribution in [0, 0.1) is 0 Å². The van der Waals surface area contributed by atoms with E-state index in [-0.39, 0.29) is 5.76 Å². The number of furan rings is 1. The quantitative estimate of drug-likeness (QED) is 0.736. The smallest absolute Gasteiger partial charge is 0.424 e. The number of para-hydroxylation sites is 1. The van der Waals surface area contributed by atoms with E-state index in [1.54, 1.807) is 12.1 Å². The lowest BCUT2D eigenvalue weighted by Crippen LogP contribution is -2.29. The second kappa shape index (κ2) is 4.96. The highest BCUT2D eigenvalue weighted by Gasteiger charge is 2.35. The number of carbonyl (C=O) groups excluding carboxylic acids is 2. The van der Waals surface area contributed by atoms with Gasteiger partial charge in [-0.1, -0.05) is 24.3 Å². The van der Waals surface area contributed by atoms with Crippen LogP contribution in [0.5, 0.6) is 0 Å². The van der Waals surface area contributed by atoms with Gasteiger partial charge in [-0.25, -0.2) is 9.69 Å². The van der Waals surface area contributed by atoms with Gasteiger partial charge in [0.05, 0.1) is 0 Å². The van der Waals surface area contributed by atoms with Crippen molar-refractivity contribution in [3.63, 3.8) is 0 Å². The van der Waals surface area contributed by atoms with Crippen LogP contribution < -0.4 is 0 Å². The molecule has 3 aromatic rings. The topological polar surface area (TPSA) is 80.0 Å². The molecule has 114 valence electrons. The van der Waals surface area contributed by atoms with Gasteiger partial charge in [-0.2, -0.15) is 0 Å². The van der Waals surface area contributed by atoms with Gasteiger partial charge in [0.25, 0.3) is 0 Å². The first-order chi connectivity index (χ1) is 11.2. The molecule has 4 rings (SSSR count). The molecule has 0 spiro atoms. The molecular weight excluding hydrogens is 298 g/mol. The number of hydrogen-bond donors (Lipinski definition) is 1. The first-order valence-electron chi connectivity index (χ1n) is 6.95. The van der Waals surface area contributed by atoms with Crippen LogP contribution in [0.25, 0.3) is 28.0 Å². The lowest BCUT2D eigenvalue weighted by Gasteiger charge is -2.02. The number of rotatable bonds is 2. The number of fused-ring (bicyclic) bond motifs is 3. The van der Waals surface area contributed by atoms with E-state index in [1.807, 2.05) is 30.3 Å². The minimum absolute atomic E-state index is 0.115. The Kier molecular flexibility index (Phi) is 2.92. The molecule has 6 heteroatoms. The molecule has 0 unspecified atom stereocenters. The molecule has 23 heavy (non-hydrogen) atoms. The zero-order valence-corrected chi connectivity index (χ0v) is 11.9. The molecule has 6 nitrogen and oxygen atoms in total. The van der Waals surface area contributed by atoms with Crippen molar-refractivity contribution in [1.29, 1.82) is 0 Å². The Balaban J connectivity index is 1.81. The first kappa shape index (κ1) is 13.5. The number of aliphatic hydroxyl groups is 1. The number of nitrogens with zero attached hydrogens (tertiary/aromatic N) is 1. The fourth-order valence-electron chi connectivity index (χ4n) is 2.61. The van der Waals surface area contributed by atoms with Gasteiger partial charge in [-0.05, 0) is 29.8 Å². The number of aliphatic hydroxyl groups excluding tert-OH is 1. The number of imide groups is 1. The maximum atomic E-state index is 11.9. The van der Waals surface area contributed by atoms with Gasteiger partial charge in [0, 0.05) is 10.8 Å². The van der Waals surface area contributed by atoms with Crippen molar-refractivity contribution in [2.24, 2.45) is 0 Å². The molecule has 0 saturated carbocycles. The zero-order valence-electron chi connectivity index (χ0n) is 11.9. The molecule has 1 fully saturated rings. The molecule has 0 aliphatic carbocycles. The van der Waals surface area contributed by atoms with Gasteiger partial charge >= 0.3 is 12.0 Å². The molecule has 0 bridgehead atoms. The number of cyclic esters (lactones) is 1. The summed E-state index contributed by atoms with van der Waals surface area (Å²) in [5.74, 6) is -0.772. The van der Waals surface area contributed by atoms with Gasteiger partial charge in [0.1, 0.15) is 17.9 Å². The van der Waals surface area contributed by atoms with E-state index in [0.29, 0.717) is 10.5 Å². The number of benzene rings is 2. The molecule has 1 aliphatic rings. The highest BCUT2D eigenvalue weighted by atomic mass is 16.6. The van der Waals surface area contributed by atoms with Gasteiger partial charge in [-0.15, -0.1) is 0 Å². The second-order valence-electron chi connectivity index (χ2n) is 5.10. The van der Waals surface area contributed by atoms with E-state index in [4.69, 9.17) is 14.3 Å². The van der Waals surface area contributed by atoms with Crippen molar-refractivity contribution in [2.75, 3.05) is 6.73 Å². The summed E-state index contributed by atoms with van der Waals surface area (Å²) in [5, 5.41) is 10.9. The monoisotopic (exact) mass is 309 g/mol. The largest absolute Gasteiger partial charge is 0.456 e. The van der Waals surface area contributed by atoms with Crippen molar-refractivity contribution in [1.82, 2.24) is 4.90 Å². The summed E-state index contributed by atoms with van der Waals surface area (Å²) < 4.78 is 10.6. The van der Waals surface area contributed by atoms with Crippen molar-refractivity contribution in [2.45, 2.75) is 0 Å². The Labute approximate surface area is 130 Å². The summed E-state index contributed by atoms with van der Waals surface area (Å²) in [6.45, 7) is -0.708. The predicted octanol–water partition coefficient (Wildman–Crippen LogP) is 2.86. The van der Waals surface area contributed by atoms with Crippen LogP contribution in [-0.4, -0.2) is 28.7 Å². The molecule has 1 saturated heterocycles. The van der Waals surface area contributed by atoms with Gasteiger partial charge in [0.2, 0.25) is 0 Å². The Morgan fingerprint density at radius 2 is 1.83 bits per heavy atom. The lowest BCUT2D eigenvalue weighted by molar-refractivity contribution is -0.125. The summed E-state index contributed by atoms with van der Waals surface area (Å²) >= 11 is 0. The third-order valence-electron chi connectivity index (χ3n) is 3.71. The third kappa shape index (κ3) is 2.08. The summed E-state index contributed by atoms with van der Waals surface area (Å²) in [6.07, 6.45) is 0.593. The maximum absolute atomic E-state index is 11.9. The van der Waals surface area contributed by atoms with Crippen molar-refractivity contribution in [3.05, 3.63) is 53.8 Å². The minimum atomic E-state index is -0.876. The summed E-state index contributed by atoms with van der Waals surface area (Å²) in [4.78, 5) is 24.0. The minimum Gasteiger partial charge on any atom is -0.456 e. The van der Waals surface area contributed by atoms with Crippen LogP contribution in [0.2, 0.25) is 0 Å². The van der Waals surface area contributed by atoms with Crippen molar-refractivity contribution < 1.29 is 23.8 Å². The fraction of sp³-hybridized carbons (Fsp3) is 0.0588. The van der Waals surface area contributed by atoms with E-state index < -0.39 is 18.7 Å². The molecular formula is C17H11NO5. The molecule has 1 aromatic heterocycles. The van der Waals surface area contributed by atoms with E-state index in [1.165, 1.54) is 6.08 Å². The molecule has 1 N–H and O–H groups in total. The fourth-order valence-corrected chi connectivity index (χ4v) is 2.61. The highest BCUT2D eigenvalue weighted by Crippen LogP contribution is 2.30.